The van der Waals surface area contributed by atoms with Crippen molar-refractivity contribution in [3.8, 4) is 0 Å². The fourth-order valence-corrected chi connectivity index (χ4v) is 5.14. The molecule has 25 nitrogen and oxygen atoms in total. The third-order valence-electron chi connectivity index (χ3n) is 8.89. The van der Waals surface area contributed by atoms with E-state index in [1.165, 1.54) is 0 Å². The standard InChI is InChI=1S/C49H98N3O22/c1-48(2,3)74-47(53)49(4,5)46-73-45-44-72-43-42-71-41-40-70-39-38-69-37-36-68-35-34-67-33-32-66-31-30-65-29-28-64-27-26-63-25-24-62-23-22-61-21-20-60-19-18-59-17-16-58-15-14-57-13-12-56-11-10-55-9-8-54-7-6-51-52-50/h50H,6-46H2,1-5H3/q+1. The fourth-order valence-electron chi connectivity index (χ4n) is 5.14. The number of carbonyl (C=O) groups excluding carboxylic acids is 1. The van der Waals surface area contributed by atoms with Crippen molar-refractivity contribution in [3.63, 3.8) is 0 Å². The summed E-state index contributed by atoms with van der Waals surface area (Å²) in [5.41, 5.74) is 5.29. The van der Waals surface area contributed by atoms with Crippen LogP contribution in [-0.4, -0.2) is 282 Å². The number of esters is 1. The Balaban J connectivity index is 3.14. The second-order valence-corrected chi connectivity index (χ2v) is 17.0. The Morgan fingerprint density at radius 3 is 0.622 bits per heavy atom. The van der Waals surface area contributed by atoms with Gasteiger partial charge in [0.1, 0.15) is 22.8 Å². The summed E-state index contributed by atoms with van der Waals surface area (Å²) >= 11 is 0. The average Bonchev–Trinajstić information content (AvgIpc) is 3.37. The molecule has 440 valence electrons. The molecule has 0 aromatic carbocycles. The molecule has 0 saturated carbocycles. The molecule has 0 saturated heterocycles. The van der Waals surface area contributed by atoms with Crippen molar-refractivity contribution in [2.45, 2.75) is 40.2 Å². The fraction of sp³-hybridized carbons (Fsp3) is 0.980. The molecule has 0 unspecified atom stereocenters. The Kier molecular flexibility index (Phi) is 57.1. The number of nitrogens with zero attached hydrogens (tertiary/aromatic N) is 2. The number of hydrogen-bond acceptors (Lipinski definition) is 24. The van der Waals surface area contributed by atoms with Crippen LogP contribution in [0.2, 0.25) is 0 Å². The van der Waals surface area contributed by atoms with Crippen molar-refractivity contribution in [2.24, 2.45) is 10.5 Å². The van der Waals surface area contributed by atoms with E-state index in [2.05, 4.69) is 10.0 Å². The number of carbonyl (C=O) groups is 1. The highest BCUT2D eigenvalue weighted by molar-refractivity contribution is 5.76. The summed E-state index contributed by atoms with van der Waals surface area (Å²) in [6.07, 6.45) is 0. The normalized spacial score (nSPS) is 12.0. The Bertz CT molecular complexity index is 1190. The van der Waals surface area contributed by atoms with E-state index >= 15 is 0 Å². The largest absolute Gasteiger partial charge is 0.459 e. The van der Waals surface area contributed by atoms with Gasteiger partial charge in [-0.15, -0.1) is 0 Å². The maximum absolute atomic E-state index is 12.3. The Morgan fingerprint density at radius 2 is 0.459 bits per heavy atom. The Labute approximate surface area is 441 Å². The van der Waals surface area contributed by atoms with Crippen LogP contribution in [0.1, 0.15) is 34.6 Å². The second kappa shape index (κ2) is 58.7. The minimum absolute atomic E-state index is 0.261. The zero-order chi connectivity index (χ0) is 53.8. The Hall–Kier alpha value is -2.02. The van der Waals surface area contributed by atoms with E-state index in [4.69, 9.17) is 105 Å². The maximum atomic E-state index is 12.3. The molecule has 0 aliphatic rings. The second-order valence-electron chi connectivity index (χ2n) is 17.0. The van der Waals surface area contributed by atoms with Crippen molar-refractivity contribution < 1.29 is 104 Å². The van der Waals surface area contributed by atoms with Gasteiger partial charge in [0, 0.05) is 0 Å². The van der Waals surface area contributed by atoms with E-state index in [1.54, 1.807) is 13.8 Å². The first-order valence-electron chi connectivity index (χ1n) is 26.0. The quantitative estimate of drug-likeness (QED) is 0.0396. The van der Waals surface area contributed by atoms with E-state index in [9.17, 15) is 4.79 Å². The molecular weight excluding hydrogens is 983 g/mol. The third-order valence-corrected chi connectivity index (χ3v) is 8.89. The van der Waals surface area contributed by atoms with Gasteiger partial charge in [0.2, 0.25) is 4.91 Å². The van der Waals surface area contributed by atoms with Crippen LogP contribution in [0, 0.1) is 10.9 Å². The van der Waals surface area contributed by atoms with Crippen LogP contribution in [0.5, 0.6) is 0 Å². The molecule has 0 aliphatic heterocycles. The summed E-state index contributed by atoms with van der Waals surface area (Å²) in [5, 5.41) is 3.49. The molecule has 0 aliphatic carbocycles. The van der Waals surface area contributed by atoms with Gasteiger partial charge in [0.15, 0.2) is 0 Å². The monoisotopic (exact) mass is 1080 g/mol. The minimum atomic E-state index is -0.722. The zero-order valence-electron chi connectivity index (χ0n) is 45.9. The zero-order valence-corrected chi connectivity index (χ0v) is 45.9. The molecule has 74 heavy (non-hydrogen) atoms. The van der Waals surface area contributed by atoms with Gasteiger partial charge in [0.25, 0.3) is 0 Å². The maximum Gasteiger partial charge on any atom is 0.314 e. The predicted molar refractivity (Wildman–Crippen MR) is 268 cm³/mol. The van der Waals surface area contributed by atoms with Crippen LogP contribution in [0.15, 0.2) is 5.11 Å². The summed E-state index contributed by atoms with van der Waals surface area (Å²) in [6, 6.07) is 0. The molecule has 0 bridgehead atoms. The number of hydrogen-bond donors (Lipinski definition) is 1. The van der Waals surface area contributed by atoms with Crippen LogP contribution in [0.4, 0.5) is 0 Å². The van der Waals surface area contributed by atoms with Crippen LogP contribution in [0.25, 0.3) is 0 Å². The smallest absolute Gasteiger partial charge is 0.314 e. The number of rotatable bonds is 63. The third kappa shape index (κ3) is 60.8. The minimum Gasteiger partial charge on any atom is -0.459 e. The molecule has 0 heterocycles. The average molecular weight is 1080 g/mol. The molecule has 1 N–H and O–H groups in total. The summed E-state index contributed by atoms with van der Waals surface area (Å²) in [4.78, 5) is 15.2. The first-order chi connectivity index (χ1) is 36.2. The van der Waals surface area contributed by atoms with E-state index in [0.717, 1.165) is 0 Å². The summed E-state index contributed by atoms with van der Waals surface area (Å²) in [5.74, 6) is -0.282. The summed E-state index contributed by atoms with van der Waals surface area (Å²) < 4.78 is 115. The van der Waals surface area contributed by atoms with E-state index in [0.29, 0.717) is 264 Å². The summed E-state index contributed by atoms with van der Waals surface area (Å²) in [6.45, 7) is 28.3. The molecule has 0 aromatic rings. The molecule has 0 amide bonds. The highest BCUT2D eigenvalue weighted by Crippen LogP contribution is 2.21. The van der Waals surface area contributed by atoms with Gasteiger partial charge in [0.05, 0.1) is 270 Å². The van der Waals surface area contributed by atoms with Crippen LogP contribution in [-0.2, 0) is 104 Å². The topological polar surface area (TPSA) is 261 Å². The van der Waals surface area contributed by atoms with Crippen molar-refractivity contribution in [3.05, 3.63) is 0 Å². The lowest BCUT2D eigenvalue weighted by molar-refractivity contribution is -0.169. The highest BCUT2D eigenvalue weighted by atomic mass is 16.6. The van der Waals surface area contributed by atoms with E-state index < -0.39 is 11.0 Å². The SMILES string of the molecule is CC(C)(C)OC(=O)C(C)(C)COCCOCCOCCOCCOCCOCCOCCOCCOCCOCCOCCOCCOCCOCCOCCOCCOCCOCCOCCOCCN=[N+]=N. The van der Waals surface area contributed by atoms with Gasteiger partial charge in [-0.2, -0.15) is 0 Å². The van der Waals surface area contributed by atoms with Crippen LogP contribution in [0.3, 0.4) is 0 Å². The molecule has 0 rings (SSSR count). The lowest BCUT2D eigenvalue weighted by Gasteiger charge is -2.28. The van der Waals surface area contributed by atoms with Crippen molar-refractivity contribution in [2.75, 3.05) is 271 Å². The number of ether oxygens (including phenoxy) is 21. The molecule has 0 radical (unpaired) electrons. The molecule has 0 spiro atoms. The Morgan fingerprint density at radius 1 is 0.297 bits per heavy atom. The highest BCUT2D eigenvalue weighted by Gasteiger charge is 2.32. The first-order valence-corrected chi connectivity index (χ1v) is 26.0. The predicted octanol–water partition coefficient (Wildman–Crippen LogP) is 2.24. The summed E-state index contributed by atoms with van der Waals surface area (Å²) in [7, 11) is 0. The van der Waals surface area contributed by atoms with Crippen LogP contribution < -0.4 is 4.91 Å². The molecule has 0 fully saturated rings. The van der Waals surface area contributed by atoms with Crippen molar-refractivity contribution in [1.82, 2.24) is 4.91 Å². The molecule has 0 atom stereocenters. The molecule has 0 aromatic heterocycles. The molecule has 25 heteroatoms. The van der Waals surface area contributed by atoms with E-state index in [-0.39, 0.29) is 12.6 Å². The van der Waals surface area contributed by atoms with Gasteiger partial charge >= 0.3 is 5.97 Å². The first kappa shape index (κ1) is 72.0. The van der Waals surface area contributed by atoms with Crippen molar-refractivity contribution >= 4 is 5.97 Å². The van der Waals surface area contributed by atoms with Gasteiger partial charge in [-0.3, -0.25) is 4.79 Å². The number of nitrogens with one attached hydrogen (secondary N) is 1. The molecular formula is C49H98N3O22+. The van der Waals surface area contributed by atoms with Gasteiger partial charge in [-0.1, -0.05) is 0 Å². The van der Waals surface area contributed by atoms with Crippen molar-refractivity contribution in [1.29, 1.82) is 5.53 Å². The van der Waals surface area contributed by atoms with Gasteiger partial charge in [-0.25, -0.2) is 0 Å². The van der Waals surface area contributed by atoms with E-state index in [1.807, 2.05) is 20.8 Å². The van der Waals surface area contributed by atoms with Crippen LogP contribution >= 0.6 is 0 Å². The lowest BCUT2D eigenvalue weighted by Crippen LogP contribution is -2.37. The van der Waals surface area contributed by atoms with Gasteiger partial charge in [-0.05, 0) is 34.6 Å². The lowest BCUT2D eigenvalue weighted by atomic mass is 9.95. The van der Waals surface area contributed by atoms with Gasteiger partial charge < -0.3 is 99.5 Å².